The van der Waals surface area contributed by atoms with Crippen molar-refractivity contribution in [2.24, 2.45) is 5.41 Å². The number of nitrogens with one attached hydrogen (secondary N) is 1. The van der Waals surface area contributed by atoms with Crippen LogP contribution in [0, 0.1) is 35.0 Å². The molecule has 0 saturated heterocycles. The highest BCUT2D eigenvalue weighted by Crippen LogP contribution is 2.37. The summed E-state index contributed by atoms with van der Waals surface area (Å²) in [5.41, 5.74) is 9.91. The van der Waals surface area contributed by atoms with Gasteiger partial charge in [-0.2, -0.15) is 10.5 Å². The minimum Gasteiger partial charge on any atom is -0.398 e. The number of nitrogen functional groups attached to an aromatic ring is 1. The molecule has 0 unspecified atom stereocenters. The van der Waals surface area contributed by atoms with E-state index in [0.29, 0.717) is 37.2 Å². The molecule has 0 bridgehead atoms. The summed E-state index contributed by atoms with van der Waals surface area (Å²) in [4.78, 5) is 21.1. The second kappa shape index (κ2) is 8.49. The van der Waals surface area contributed by atoms with E-state index >= 15 is 0 Å². The van der Waals surface area contributed by atoms with Crippen molar-refractivity contribution >= 4 is 28.2 Å². The van der Waals surface area contributed by atoms with E-state index in [-0.39, 0.29) is 5.91 Å². The van der Waals surface area contributed by atoms with E-state index in [2.05, 4.69) is 27.4 Å². The Labute approximate surface area is 186 Å². The van der Waals surface area contributed by atoms with Crippen molar-refractivity contribution in [3.8, 4) is 23.3 Å². The smallest absolute Gasteiger partial charge is 0.249 e. The maximum Gasteiger partial charge on any atom is 0.249 e. The Bertz CT molecular complexity index is 1300. The topological polar surface area (TPSA) is 128 Å². The van der Waals surface area contributed by atoms with E-state index in [1.165, 1.54) is 0 Å². The fourth-order valence-electron chi connectivity index (χ4n) is 4.01. The van der Waals surface area contributed by atoms with Gasteiger partial charge in [-0.3, -0.25) is 9.78 Å². The third-order valence-corrected chi connectivity index (χ3v) is 5.98. The largest absolute Gasteiger partial charge is 0.398 e. The molecule has 158 valence electrons. The highest BCUT2D eigenvalue weighted by Gasteiger charge is 2.33. The lowest BCUT2D eigenvalue weighted by Gasteiger charge is -2.25. The average Bonchev–Trinajstić information content (AvgIpc) is 2.80. The first-order valence-electron chi connectivity index (χ1n) is 10.4. The molecule has 2 heterocycles. The number of benzene rings is 1. The summed E-state index contributed by atoms with van der Waals surface area (Å²) in [5, 5.41) is 22.9. The summed E-state index contributed by atoms with van der Waals surface area (Å²) < 4.78 is 0. The van der Waals surface area contributed by atoms with Crippen LogP contribution in [0.4, 0.5) is 11.5 Å². The van der Waals surface area contributed by atoms with E-state index in [9.17, 15) is 15.3 Å². The summed E-state index contributed by atoms with van der Waals surface area (Å²) in [6, 6.07) is 11.9. The van der Waals surface area contributed by atoms with Crippen LogP contribution in [-0.2, 0) is 4.79 Å². The molecule has 0 atom stereocenters. The standard InChI is InChI=1S/C25H22N6O/c1-16-4-7-29-12-20(16)18-9-19-11-23(30-13-21(19)22(28)10-18)31-24(32)8-17-2-5-25(14-26,15-27)6-3-17/h4,7-13H,2-3,5-6,28H2,1H3,(H,30,31,32). The molecule has 1 aromatic carbocycles. The molecule has 0 spiro atoms. The van der Waals surface area contributed by atoms with Gasteiger partial charge in [0.25, 0.3) is 0 Å². The molecule has 1 amide bonds. The molecular weight excluding hydrogens is 400 g/mol. The molecule has 1 aliphatic rings. The number of allylic oxidation sites excluding steroid dienone is 1. The first-order chi connectivity index (χ1) is 15.4. The Kier molecular flexibility index (Phi) is 5.57. The van der Waals surface area contributed by atoms with Gasteiger partial charge in [0.2, 0.25) is 5.91 Å². The number of fused-ring (bicyclic) bond motifs is 1. The van der Waals surface area contributed by atoms with E-state index < -0.39 is 5.41 Å². The van der Waals surface area contributed by atoms with Gasteiger partial charge in [0.15, 0.2) is 0 Å². The molecule has 7 nitrogen and oxygen atoms in total. The molecule has 1 saturated carbocycles. The molecule has 1 fully saturated rings. The van der Waals surface area contributed by atoms with Crippen molar-refractivity contribution in [3.05, 3.63) is 60.1 Å². The minimum absolute atomic E-state index is 0.277. The van der Waals surface area contributed by atoms with Gasteiger partial charge in [0, 0.05) is 41.3 Å². The van der Waals surface area contributed by atoms with Crippen molar-refractivity contribution in [2.45, 2.75) is 32.6 Å². The number of nitrogens with two attached hydrogens (primary N) is 1. The van der Waals surface area contributed by atoms with Crippen LogP contribution in [0.3, 0.4) is 0 Å². The number of rotatable bonds is 3. The summed E-state index contributed by atoms with van der Waals surface area (Å²) >= 11 is 0. The summed E-state index contributed by atoms with van der Waals surface area (Å²) in [5.74, 6) is 0.151. The van der Waals surface area contributed by atoms with Crippen LogP contribution in [0.5, 0.6) is 0 Å². The number of aryl methyl sites for hydroxylation is 1. The number of hydrogen-bond donors (Lipinski definition) is 2. The number of nitrogens with zero attached hydrogens (tertiary/aromatic N) is 4. The number of hydrogen-bond acceptors (Lipinski definition) is 6. The molecule has 3 N–H and O–H groups in total. The number of aromatic nitrogens is 2. The molecular formula is C25H22N6O. The number of carbonyl (C=O) groups excluding carboxylic acids is 1. The van der Waals surface area contributed by atoms with Gasteiger partial charge in [-0.15, -0.1) is 0 Å². The Hall–Kier alpha value is -4.23. The van der Waals surface area contributed by atoms with Gasteiger partial charge >= 0.3 is 0 Å². The lowest BCUT2D eigenvalue weighted by atomic mass is 9.74. The fraction of sp³-hybridized carbons (Fsp3) is 0.240. The first-order valence-corrected chi connectivity index (χ1v) is 10.4. The monoisotopic (exact) mass is 422 g/mol. The van der Waals surface area contributed by atoms with Crippen molar-refractivity contribution in [1.29, 1.82) is 10.5 Å². The predicted molar refractivity (Wildman–Crippen MR) is 123 cm³/mol. The quantitative estimate of drug-likeness (QED) is 0.466. The van der Waals surface area contributed by atoms with Crippen molar-refractivity contribution in [3.63, 3.8) is 0 Å². The number of carbonyl (C=O) groups is 1. The van der Waals surface area contributed by atoms with Crippen LogP contribution in [0.25, 0.3) is 21.9 Å². The highest BCUT2D eigenvalue weighted by atomic mass is 16.1. The van der Waals surface area contributed by atoms with Gasteiger partial charge in [-0.25, -0.2) is 4.98 Å². The number of pyridine rings is 2. The van der Waals surface area contributed by atoms with Gasteiger partial charge in [0.05, 0.1) is 12.1 Å². The van der Waals surface area contributed by atoms with E-state index in [0.717, 1.165) is 33.0 Å². The zero-order chi connectivity index (χ0) is 22.7. The maximum atomic E-state index is 12.5. The zero-order valence-electron chi connectivity index (χ0n) is 17.7. The number of anilines is 2. The van der Waals surface area contributed by atoms with E-state index in [1.54, 1.807) is 24.5 Å². The fourth-order valence-corrected chi connectivity index (χ4v) is 4.01. The number of nitriles is 2. The maximum absolute atomic E-state index is 12.5. The molecule has 0 aliphatic heterocycles. The Morgan fingerprint density at radius 2 is 1.94 bits per heavy atom. The third kappa shape index (κ3) is 4.14. The zero-order valence-corrected chi connectivity index (χ0v) is 17.7. The molecule has 7 heteroatoms. The summed E-state index contributed by atoms with van der Waals surface area (Å²) in [6.45, 7) is 2.02. The molecule has 1 aliphatic carbocycles. The second-order valence-corrected chi connectivity index (χ2v) is 8.14. The molecule has 4 rings (SSSR count). The van der Waals surface area contributed by atoms with E-state index in [4.69, 9.17) is 5.73 Å². The van der Waals surface area contributed by atoms with Gasteiger partial charge in [0.1, 0.15) is 11.2 Å². The first kappa shape index (κ1) is 21.0. The Morgan fingerprint density at radius 3 is 2.62 bits per heavy atom. The molecule has 3 aromatic rings. The van der Waals surface area contributed by atoms with Crippen molar-refractivity contribution in [1.82, 2.24) is 9.97 Å². The van der Waals surface area contributed by atoms with Crippen molar-refractivity contribution < 1.29 is 4.79 Å². The molecule has 2 aromatic heterocycles. The average molecular weight is 422 g/mol. The van der Waals surface area contributed by atoms with Gasteiger partial charge in [-0.1, -0.05) is 5.57 Å². The second-order valence-electron chi connectivity index (χ2n) is 8.14. The molecule has 0 radical (unpaired) electrons. The van der Waals surface area contributed by atoms with Crippen LogP contribution in [0.15, 0.2) is 54.5 Å². The van der Waals surface area contributed by atoms with Crippen LogP contribution < -0.4 is 11.1 Å². The highest BCUT2D eigenvalue weighted by molar-refractivity contribution is 6.02. The van der Waals surface area contributed by atoms with Crippen LogP contribution in [0.2, 0.25) is 0 Å². The van der Waals surface area contributed by atoms with Crippen LogP contribution in [-0.4, -0.2) is 15.9 Å². The Balaban J connectivity index is 1.55. The van der Waals surface area contributed by atoms with Gasteiger partial charge < -0.3 is 11.1 Å². The number of amides is 1. The third-order valence-electron chi connectivity index (χ3n) is 5.98. The van der Waals surface area contributed by atoms with Crippen LogP contribution >= 0.6 is 0 Å². The SMILES string of the molecule is Cc1ccncc1-c1cc(N)c2cnc(NC(=O)C=C3CCC(C#N)(C#N)CC3)cc2c1. The normalized spacial score (nSPS) is 14.9. The summed E-state index contributed by atoms with van der Waals surface area (Å²) in [7, 11) is 0. The van der Waals surface area contributed by atoms with E-state index in [1.807, 2.05) is 31.3 Å². The van der Waals surface area contributed by atoms with Crippen molar-refractivity contribution in [2.75, 3.05) is 11.1 Å². The predicted octanol–water partition coefficient (Wildman–Crippen LogP) is 4.66. The van der Waals surface area contributed by atoms with Crippen LogP contribution in [0.1, 0.15) is 31.2 Å². The summed E-state index contributed by atoms with van der Waals surface area (Å²) in [6.07, 6.45) is 8.78. The minimum atomic E-state index is -0.933. The lowest BCUT2D eigenvalue weighted by molar-refractivity contribution is -0.112. The lowest BCUT2D eigenvalue weighted by Crippen LogP contribution is -2.21. The Morgan fingerprint density at radius 1 is 1.19 bits per heavy atom. The molecule has 32 heavy (non-hydrogen) atoms. The van der Waals surface area contributed by atoms with Gasteiger partial charge in [-0.05, 0) is 73.4 Å².